The third-order valence-electron chi connectivity index (χ3n) is 7.71. The minimum absolute atomic E-state index is 0.0733. The molecule has 2 aliphatic rings. The van der Waals surface area contributed by atoms with Crippen LogP contribution in [-0.4, -0.2) is 65.5 Å². The van der Waals surface area contributed by atoms with Crippen molar-refractivity contribution in [1.29, 1.82) is 0 Å². The van der Waals surface area contributed by atoms with Gasteiger partial charge in [-0.1, -0.05) is 29.8 Å². The summed E-state index contributed by atoms with van der Waals surface area (Å²) in [6, 6.07) is 18.5. The molecule has 0 bridgehead atoms. The first-order chi connectivity index (χ1) is 18.9. The van der Waals surface area contributed by atoms with Gasteiger partial charge in [0, 0.05) is 55.8 Å². The second-order valence-corrected chi connectivity index (χ2v) is 10.5. The molecular formula is C30H32ClFN4O3. The first-order valence-electron chi connectivity index (χ1n) is 13.4. The fourth-order valence-electron chi connectivity index (χ4n) is 5.64. The van der Waals surface area contributed by atoms with E-state index < -0.39 is 11.9 Å². The van der Waals surface area contributed by atoms with Gasteiger partial charge in [-0.25, -0.2) is 14.2 Å². The van der Waals surface area contributed by atoms with Crippen molar-refractivity contribution in [3.8, 4) is 5.75 Å². The van der Waals surface area contributed by atoms with E-state index in [2.05, 4.69) is 9.88 Å². The summed E-state index contributed by atoms with van der Waals surface area (Å²) in [6.07, 6.45) is 2.78. The Morgan fingerprint density at radius 2 is 1.74 bits per heavy atom. The lowest BCUT2D eigenvalue weighted by Crippen LogP contribution is -2.47. The Bertz CT molecular complexity index is 1270. The lowest BCUT2D eigenvalue weighted by molar-refractivity contribution is -0.135. The minimum Gasteiger partial charge on any atom is -0.410 e. The summed E-state index contributed by atoms with van der Waals surface area (Å²) in [5.41, 5.74) is 1.01. The zero-order valence-corrected chi connectivity index (χ0v) is 22.6. The van der Waals surface area contributed by atoms with E-state index in [1.165, 1.54) is 24.3 Å². The quantitative estimate of drug-likeness (QED) is 0.399. The maximum Gasteiger partial charge on any atom is 0.415 e. The highest BCUT2D eigenvalue weighted by molar-refractivity contribution is 6.30. The van der Waals surface area contributed by atoms with Crippen molar-refractivity contribution in [3.05, 3.63) is 89.3 Å². The van der Waals surface area contributed by atoms with Gasteiger partial charge in [0.1, 0.15) is 17.4 Å². The van der Waals surface area contributed by atoms with E-state index in [9.17, 15) is 14.0 Å². The zero-order chi connectivity index (χ0) is 27.4. The van der Waals surface area contributed by atoms with Crippen LogP contribution < -0.4 is 9.64 Å². The molecule has 7 nitrogen and oxygen atoms in total. The van der Waals surface area contributed by atoms with Crippen molar-refractivity contribution in [1.82, 2.24) is 14.8 Å². The number of hydrogen-bond acceptors (Lipinski definition) is 5. The second-order valence-electron chi connectivity index (χ2n) is 10.0. The van der Waals surface area contributed by atoms with E-state index in [4.69, 9.17) is 16.3 Å². The molecule has 5 rings (SSSR count). The first kappa shape index (κ1) is 26.9. The van der Waals surface area contributed by atoms with E-state index in [0.29, 0.717) is 24.7 Å². The molecule has 2 atom stereocenters. The average Bonchev–Trinajstić information content (AvgIpc) is 3.40. The van der Waals surface area contributed by atoms with Gasteiger partial charge >= 0.3 is 6.09 Å². The highest BCUT2D eigenvalue weighted by Crippen LogP contribution is 2.34. The largest absolute Gasteiger partial charge is 0.415 e. The monoisotopic (exact) mass is 550 g/mol. The number of halogens is 2. The molecule has 2 fully saturated rings. The van der Waals surface area contributed by atoms with Gasteiger partial charge in [-0.2, -0.15) is 0 Å². The number of anilines is 1. The summed E-state index contributed by atoms with van der Waals surface area (Å²) in [4.78, 5) is 37.2. The topological polar surface area (TPSA) is 66.0 Å². The average molecular weight is 551 g/mol. The molecule has 0 spiro atoms. The fraction of sp³-hybridized carbons (Fsp3) is 0.367. The number of hydrogen-bond donors (Lipinski definition) is 0. The third-order valence-corrected chi connectivity index (χ3v) is 7.96. The number of carbonyl (C=O) groups is 2. The Hall–Kier alpha value is -3.65. The number of aromatic nitrogens is 1. The number of piperidine rings is 1. The van der Waals surface area contributed by atoms with Crippen LogP contribution in [0.1, 0.15) is 31.2 Å². The number of carbonyl (C=O) groups excluding carboxylic acids is 2. The SMILES string of the molecule is CCN(C(=O)Oc1ccc(F)cc1)[C@@H]1CN(C(=O)C2CCN(c3ccccn3)CC2)C[C@H]1c1ccc(Cl)cc1. The van der Waals surface area contributed by atoms with Crippen LogP contribution in [0.5, 0.6) is 5.75 Å². The van der Waals surface area contributed by atoms with E-state index >= 15 is 0 Å². The third kappa shape index (κ3) is 6.17. The molecule has 3 heterocycles. The maximum absolute atomic E-state index is 13.7. The Balaban J connectivity index is 1.31. The first-order valence-corrected chi connectivity index (χ1v) is 13.7. The molecule has 2 amide bonds. The van der Waals surface area contributed by atoms with Crippen LogP contribution in [-0.2, 0) is 4.79 Å². The van der Waals surface area contributed by atoms with Gasteiger partial charge in [0.25, 0.3) is 0 Å². The van der Waals surface area contributed by atoms with Crippen molar-refractivity contribution < 1.29 is 18.7 Å². The number of benzene rings is 2. The second kappa shape index (κ2) is 12.0. The minimum atomic E-state index is -0.522. The Morgan fingerprint density at radius 3 is 2.38 bits per heavy atom. The molecular weight excluding hydrogens is 519 g/mol. The van der Waals surface area contributed by atoms with Gasteiger partial charge in [0.15, 0.2) is 0 Å². The van der Waals surface area contributed by atoms with Crippen molar-refractivity contribution in [2.24, 2.45) is 5.92 Å². The van der Waals surface area contributed by atoms with Gasteiger partial charge in [-0.3, -0.25) is 4.79 Å². The molecule has 9 heteroatoms. The molecule has 2 saturated heterocycles. The molecule has 0 saturated carbocycles. The standard InChI is InChI=1S/C30H32ClFN4O3/c1-2-36(30(38)39-25-12-10-24(32)11-13-25)27-20-35(19-26(27)21-6-8-23(31)9-7-21)29(37)22-14-17-34(18-15-22)28-5-3-4-16-33-28/h3-13,16,22,26-27H,2,14-15,17-20H2,1H3/t26-,27+/m0/s1. The summed E-state index contributed by atoms with van der Waals surface area (Å²) in [5, 5.41) is 0.629. The Labute approximate surface area is 233 Å². The van der Waals surface area contributed by atoms with Crippen LogP contribution in [0.4, 0.5) is 15.0 Å². The molecule has 1 aromatic heterocycles. The number of ether oxygens (including phenoxy) is 1. The Kier molecular flexibility index (Phi) is 8.31. The number of amides is 2. The lowest BCUT2D eigenvalue weighted by Gasteiger charge is -2.34. The van der Waals surface area contributed by atoms with Crippen LogP contribution in [0.25, 0.3) is 0 Å². The van der Waals surface area contributed by atoms with Crippen molar-refractivity contribution in [2.45, 2.75) is 31.7 Å². The molecule has 204 valence electrons. The molecule has 3 aromatic rings. The maximum atomic E-state index is 13.7. The summed E-state index contributed by atoms with van der Waals surface area (Å²) >= 11 is 6.15. The smallest absolute Gasteiger partial charge is 0.410 e. The van der Waals surface area contributed by atoms with Crippen molar-refractivity contribution in [3.63, 3.8) is 0 Å². The molecule has 0 radical (unpaired) electrons. The van der Waals surface area contributed by atoms with E-state index in [1.807, 2.05) is 54.3 Å². The van der Waals surface area contributed by atoms with Crippen molar-refractivity contribution in [2.75, 3.05) is 37.6 Å². The van der Waals surface area contributed by atoms with Crippen LogP contribution in [0, 0.1) is 11.7 Å². The number of nitrogens with zero attached hydrogens (tertiary/aromatic N) is 4. The summed E-state index contributed by atoms with van der Waals surface area (Å²) in [6.45, 7) is 4.76. The van der Waals surface area contributed by atoms with E-state index in [1.54, 1.807) is 11.1 Å². The van der Waals surface area contributed by atoms with Crippen molar-refractivity contribution >= 4 is 29.4 Å². The molecule has 2 aromatic carbocycles. The van der Waals surface area contributed by atoms with Crippen LogP contribution in [0.3, 0.4) is 0 Å². The lowest BCUT2D eigenvalue weighted by atomic mass is 9.93. The van der Waals surface area contributed by atoms with Crippen LogP contribution >= 0.6 is 11.6 Å². The summed E-state index contributed by atoms with van der Waals surface area (Å²) < 4.78 is 18.9. The fourth-order valence-corrected chi connectivity index (χ4v) is 5.76. The highest BCUT2D eigenvalue weighted by atomic mass is 35.5. The van der Waals surface area contributed by atoms with E-state index in [0.717, 1.165) is 37.3 Å². The number of pyridine rings is 1. The van der Waals surface area contributed by atoms with Gasteiger partial charge in [-0.05, 0) is 73.9 Å². The van der Waals surface area contributed by atoms with Gasteiger partial charge in [-0.15, -0.1) is 0 Å². The predicted molar refractivity (Wildman–Crippen MR) is 149 cm³/mol. The normalized spacial score (nSPS) is 19.7. The zero-order valence-electron chi connectivity index (χ0n) is 21.9. The molecule has 0 aliphatic carbocycles. The predicted octanol–water partition coefficient (Wildman–Crippen LogP) is 5.61. The van der Waals surface area contributed by atoms with Gasteiger partial charge in [0.2, 0.25) is 5.91 Å². The molecule has 2 aliphatic heterocycles. The summed E-state index contributed by atoms with van der Waals surface area (Å²) in [7, 11) is 0. The number of likely N-dealkylation sites (tertiary alicyclic amines) is 1. The molecule has 0 unspecified atom stereocenters. The Morgan fingerprint density at radius 1 is 1.03 bits per heavy atom. The van der Waals surface area contributed by atoms with Gasteiger partial charge < -0.3 is 19.4 Å². The summed E-state index contributed by atoms with van der Waals surface area (Å²) in [5.74, 6) is 0.761. The number of likely N-dealkylation sites (N-methyl/N-ethyl adjacent to an activating group) is 1. The van der Waals surface area contributed by atoms with Crippen LogP contribution in [0.2, 0.25) is 5.02 Å². The van der Waals surface area contributed by atoms with Gasteiger partial charge in [0.05, 0.1) is 6.04 Å². The van der Waals surface area contributed by atoms with Crippen LogP contribution in [0.15, 0.2) is 72.9 Å². The van der Waals surface area contributed by atoms with E-state index in [-0.39, 0.29) is 29.5 Å². The molecule has 0 N–H and O–H groups in total. The highest BCUT2D eigenvalue weighted by Gasteiger charge is 2.43. The number of rotatable bonds is 6. The molecule has 39 heavy (non-hydrogen) atoms.